The third kappa shape index (κ3) is 6.94. The van der Waals surface area contributed by atoms with Crippen LogP contribution < -0.4 is 14.8 Å². The number of carboxylic acid groups (broad SMARTS) is 1. The molecule has 13 heteroatoms. The highest BCUT2D eigenvalue weighted by Crippen LogP contribution is 2.46. The van der Waals surface area contributed by atoms with Crippen LogP contribution in [0.5, 0.6) is 11.5 Å². The number of ether oxygens (including phenoxy) is 3. The monoisotopic (exact) mass is 631 g/mol. The minimum absolute atomic E-state index is 0.0379. The van der Waals surface area contributed by atoms with E-state index in [1.165, 1.54) is 29.5 Å². The van der Waals surface area contributed by atoms with Crippen LogP contribution >= 0.6 is 11.3 Å². The molecule has 2 aromatic carbocycles. The summed E-state index contributed by atoms with van der Waals surface area (Å²) in [4.78, 5) is 16.3. The zero-order valence-corrected chi connectivity index (χ0v) is 25.0. The van der Waals surface area contributed by atoms with Crippen molar-refractivity contribution in [3.8, 4) is 22.8 Å². The molecule has 0 spiro atoms. The second-order valence-corrected chi connectivity index (χ2v) is 12.5. The summed E-state index contributed by atoms with van der Waals surface area (Å²) in [6.45, 7) is 3.93. The summed E-state index contributed by atoms with van der Waals surface area (Å²) in [6.07, 6.45) is 0.0774. The van der Waals surface area contributed by atoms with Gasteiger partial charge in [0.15, 0.2) is 5.13 Å². The Morgan fingerprint density at radius 3 is 2.55 bits per heavy atom. The minimum atomic E-state index is -4.83. The molecule has 2 aromatic heterocycles. The van der Waals surface area contributed by atoms with Gasteiger partial charge in [0.2, 0.25) is 0 Å². The predicted molar refractivity (Wildman–Crippen MR) is 157 cm³/mol. The molecule has 0 saturated heterocycles. The van der Waals surface area contributed by atoms with Gasteiger partial charge >= 0.3 is 12.3 Å². The van der Waals surface area contributed by atoms with Gasteiger partial charge in [0.1, 0.15) is 28.5 Å². The van der Waals surface area contributed by atoms with Crippen molar-refractivity contribution in [1.29, 1.82) is 0 Å². The van der Waals surface area contributed by atoms with Crippen molar-refractivity contribution in [2.45, 2.75) is 89.5 Å². The first kappa shape index (κ1) is 30.2. The molecule has 0 aliphatic heterocycles. The number of para-hydroxylation sites is 1. The van der Waals surface area contributed by atoms with E-state index in [0.717, 1.165) is 43.2 Å². The Hall–Kier alpha value is -3.84. The Morgan fingerprint density at radius 2 is 1.86 bits per heavy atom. The lowest BCUT2D eigenvalue weighted by atomic mass is 9.93. The van der Waals surface area contributed by atoms with E-state index in [1.54, 1.807) is 18.2 Å². The number of nitrogens with one attached hydrogen (secondary N) is 1. The smallest absolute Gasteiger partial charge is 0.489 e. The Bertz CT molecular complexity index is 1640. The highest BCUT2D eigenvalue weighted by molar-refractivity contribution is 7.22. The number of alkyl halides is 3. The van der Waals surface area contributed by atoms with Gasteiger partial charge in [-0.3, -0.25) is 0 Å². The largest absolute Gasteiger partial charge is 0.573 e. The zero-order valence-electron chi connectivity index (χ0n) is 24.1. The first-order valence-corrected chi connectivity index (χ1v) is 15.4. The number of carbonyl (C=O) groups is 1. The maximum atomic E-state index is 13.1. The molecule has 4 aromatic rings. The van der Waals surface area contributed by atoms with E-state index >= 15 is 0 Å². The van der Waals surface area contributed by atoms with Crippen LogP contribution in [0.2, 0.25) is 0 Å². The number of rotatable bonds is 11. The molecular weight excluding hydrogens is 599 g/mol. The van der Waals surface area contributed by atoms with Crippen molar-refractivity contribution in [2.24, 2.45) is 0 Å². The fourth-order valence-electron chi connectivity index (χ4n) is 5.49. The first-order chi connectivity index (χ1) is 21.0. The van der Waals surface area contributed by atoms with Crippen molar-refractivity contribution < 1.29 is 41.8 Å². The van der Waals surface area contributed by atoms with Gasteiger partial charge < -0.3 is 29.2 Å². The molecule has 2 saturated carbocycles. The Balaban J connectivity index is 1.11. The number of halogens is 3. The fraction of sp³-hybridized carbons (Fsp3) is 0.452. The average Bonchev–Trinajstić information content (AvgIpc) is 3.59. The molecule has 0 radical (unpaired) electrons. The first-order valence-electron chi connectivity index (χ1n) is 14.6. The molecule has 0 unspecified atom stereocenters. The number of benzene rings is 2. The molecule has 2 N–H and O–H groups in total. The number of anilines is 1. The van der Waals surface area contributed by atoms with Crippen molar-refractivity contribution in [2.75, 3.05) is 5.32 Å². The standard InChI is InChI=1S/C31H32F3N3O6S/c1-16(2)41-24-13-18(29(38)39)14-25-27(24)36-30(44-25)35-19-9-11-20(12-10-19)40-15-22-26(37-43-28(22)17-7-8-17)21-5-3-4-6-23(21)42-31(32,33)34/h3-6,13-14,16-17,19-20H,7-12,15H2,1-2H3,(H,35,36)(H,38,39)/t19-,20+. The van der Waals surface area contributed by atoms with E-state index in [9.17, 15) is 23.1 Å². The van der Waals surface area contributed by atoms with Crippen molar-refractivity contribution in [3.63, 3.8) is 0 Å². The highest BCUT2D eigenvalue weighted by atomic mass is 32.1. The maximum Gasteiger partial charge on any atom is 0.573 e. The molecule has 2 fully saturated rings. The summed E-state index contributed by atoms with van der Waals surface area (Å²) in [5.41, 5.74) is 1.97. The van der Waals surface area contributed by atoms with Crippen molar-refractivity contribution in [1.82, 2.24) is 10.1 Å². The number of carboxylic acids is 1. The molecule has 6 rings (SSSR count). The Kier molecular flexibility index (Phi) is 8.42. The molecule has 0 atom stereocenters. The summed E-state index contributed by atoms with van der Waals surface area (Å²) in [5, 5.41) is 17.9. The molecule has 2 aliphatic carbocycles. The lowest BCUT2D eigenvalue weighted by Crippen LogP contribution is -2.29. The summed E-state index contributed by atoms with van der Waals surface area (Å²) >= 11 is 1.39. The summed E-state index contributed by atoms with van der Waals surface area (Å²) in [5.74, 6) is -0.0525. The number of aromatic carboxylic acids is 1. The third-order valence-electron chi connectivity index (χ3n) is 7.67. The topological polar surface area (TPSA) is 116 Å². The molecule has 2 aliphatic rings. The van der Waals surface area contributed by atoms with Gasteiger partial charge in [-0.15, -0.1) is 13.2 Å². The average molecular weight is 632 g/mol. The number of nitrogens with zero attached hydrogens (tertiary/aromatic N) is 2. The quantitative estimate of drug-likeness (QED) is 0.169. The van der Waals surface area contributed by atoms with Gasteiger partial charge in [-0.05, 0) is 76.6 Å². The fourth-order valence-corrected chi connectivity index (χ4v) is 6.49. The van der Waals surface area contributed by atoms with Crippen LogP contribution in [0.3, 0.4) is 0 Å². The van der Waals surface area contributed by atoms with E-state index in [0.29, 0.717) is 33.4 Å². The van der Waals surface area contributed by atoms with E-state index in [1.807, 2.05) is 13.8 Å². The van der Waals surface area contributed by atoms with Crippen LogP contribution in [0.4, 0.5) is 18.3 Å². The molecule has 9 nitrogen and oxygen atoms in total. The maximum absolute atomic E-state index is 13.1. The number of fused-ring (bicyclic) bond motifs is 1. The third-order valence-corrected chi connectivity index (χ3v) is 8.60. The summed E-state index contributed by atoms with van der Waals surface area (Å²) < 4.78 is 62.0. The molecule has 44 heavy (non-hydrogen) atoms. The summed E-state index contributed by atoms with van der Waals surface area (Å²) in [6, 6.07) is 9.20. The van der Waals surface area contributed by atoms with Crippen LogP contribution in [0.15, 0.2) is 40.9 Å². The number of aromatic nitrogens is 2. The minimum Gasteiger partial charge on any atom is -0.489 e. The van der Waals surface area contributed by atoms with E-state index < -0.39 is 12.3 Å². The van der Waals surface area contributed by atoms with Crippen LogP contribution in [0, 0.1) is 0 Å². The van der Waals surface area contributed by atoms with Crippen molar-refractivity contribution in [3.05, 3.63) is 53.3 Å². The van der Waals surface area contributed by atoms with E-state index in [4.69, 9.17) is 19.0 Å². The van der Waals surface area contributed by atoms with E-state index in [-0.39, 0.29) is 47.7 Å². The van der Waals surface area contributed by atoms with Crippen LogP contribution in [0.1, 0.15) is 80.0 Å². The molecule has 0 amide bonds. The number of hydrogen-bond donors (Lipinski definition) is 2. The van der Waals surface area contributed by atoms with Gasteiger partial charge in [-0.1, -0.05) is 28.6 Å². The second kappa shape index (κ2) is 12.3. The van der Waals surface area contributed by atoms with E-state index in [2.05, 4.69) is 15.2 Å². The van der Waals surface area contributed by atoms with Gasteiger partial charge in [-0.2, -0.15) is 0 Å². The molecule has 2 heterocycles. The van der Waals surface area contributed by atoms with Gasteiger partial charge in [0.25, 0.3) is 0 Å². The molecule has 234 valence electrons. The molecular formula is C31H32F3N3O6S. The summed E-state index contributed by atoms with van der Waals surface area (Å²) in [7, 11) is 0. The van der Waals surface area contributed by atoms with Crippen LogP contribution in [-0.2, 0) is 11.3 Å². The van der Waals surface area contributed by atoms with Crippen LogP contribution in [-0.4, -0.2) is 45.8 Å². The Labute approximate surface area is 255 Å². The molecule has 0 bridgehead atoms. The lowest BCUT2D eigenvalue weighted by molar-refractivity contribution is -0.274. The van der Waals surface area contributed by atoms with Gasteiger partial charge in [0, 0.05) is 23.1 Å². The van der Waals surface area contributed by atoms with Gasteiger partial charge in [-0.25, -0.2) is 9.78 Å². The zero-order chi connectivity index (χ0) is 31.0. The number of hydrogen-bond acceptors (Lipinski definition) is 9. The highest BCUT2D eigenvalue weighted by Gasteiger charge is 2.36. The normalized spacial score (nSPS) is 19.0. The number of thiazole rings is 1. The lowest BCUT2D eigenvalue weighted by Gasteiger charge is -2.29. The second-order valence-electron chi connectivity index (χ2n) is 11.4. The SMILES string of the molecule is CC(C)Oc1cc(C(=O)O)cc2sc(N[C@H]3CC[C@@H](OCc4c(-c5ccccc5OC(F)(F)F)noc4C4CC4)CC3)nc12. The predicted octanol–water partition coefficient (Wildman–Crippen LogP) is 8.15. The van der Waals surface area contributed by atoms with Crippen LogP contribution in [0.25, 0.3) is 21.5 Å². The Morgan fingerprint density at radius 1 is 1.11 bits per heavy atom. The van der Waals surface area contributed by atoms with Crippen molar-refractivity contribution >= 4 is 32.7 Å². The van der Waals surface area contributed by atoms with Gasteiger partial charge in [0.05, 0.1) is 29.1 Å².